The Morgan fingerprint density at radius 3 is 2.33 bits per heavy atom. The van der Waals surface area contributed by atoms with E-state index in [2.05, 4.69) is 10.3 Å². The molecule has 170 valence electrons. The monoisotopic (exact) mass is 447 g/mol. The summed E-state index contributed by atoms with van der Waals surface area (Å²) >= 11 is 0. The Labute approximate surface area is 192 Å². The fourth-order valence-electron chi connectivity index (χ4n) is 4.26. The molecule has 4 rings (SSSR count). The number of nitrogens with zero attached hydrogens (tertiary/aromatic N) is 2. The number of hydrogen-bond donors (Lipinski definition) is 1. The zero-order valence-electron chi connectivity index (χ0n) is 18.9. The molecule has 1 N–H and O–H groups in total. The third kappa shape index (κ3) is 3.95. The molecular weight excluding hydrogens is 422 g/mol. The van der Waals surface area contributed by atoms with Crippen LogP contribution >= 0.6 is 0 Å². The second-order valence-corrected chi connectivity index (χ2v) is 7.61. The molecule has 0 radical (unpaired) electrons. The van der Waals surface area contributed by atoms with Crippen molar-refractivity contribution in [1.82, 2.24) is 9.88 Å². The summed E-state index contributed by atoms with van der Waals surface area (Å²) < 4.78 is 16.3. The molecule has 1 aromatic heterocycles. The number of carbonyl (C=O) groups is 2. The highest BCUT2D eigenvalue weighted by Gasteiger charge is 2.43. The minimum Gasteiger partial charge on any atom is -0.495 e. The van der Waals surface area contributed by atoms with Gasteiger partial charge in [0, 0.05) is 25.0 Å². The number of ether oxygens (including phenoxy) is 3. The first-order valence-corrected chi connectivity index (χ1v) is 10.4. The summed E-state index contributed by atoms with van der Waals surface area (Å²) in [7, 11) is 6.25. The third-order valence-electron chi connectivity index (χ3n) is 5.85. The van der Waals surface area contributed by atoms with Crippen molar-refractivity contribution >= 4 is 17.5 Å². The smallest absolute Gasteiger partial charge is 0.254 e. The number of fused-ring (bicyclic) bond motifs is 1. The molecule has 0 unspecified atom stereocenters. The van der Waals surface area contributed by atoms with Gasteiger partial charge in [0.15, 0.2) is 11.5 Å². The number of para-hydroxylation sites is 2. The highest BCUT2D eigenvalue weighted by molar-refractivity contribution is 6.05. The zero-order valence-corrected chi connectivity index (χ0v) is 18.9. The lowest BCUT2D eigenvalue weighted by Crippen LogP contribution is -2.44. The fourth-order valence-corrected chi connectivity index (χ4v) is 4.26. The van der Waals surface area contributed by atoms with E-state index in [9.17, 15) is 9.59 Å². The molecule has 0 saturated carbocycles. The van der Waals surface area contributed by atoms with Gasteiger partial charge in [-0.15, -0.1) is 0 Å². The maximum atomic E-state index is 13.8. The molecule has 2 heterocycles. The number of likely N-dealkylation sites (N-methyl/N-ethyl adjacent to an activating group) is 1. The molecular formula is C25H25N3O5. The normalized spacial score (nSPS) is 17.2. The Balaban J connectivity index is 1.88. The zero-order chi connectivity index (χ0) is 23.5. The molecule has 8 heteroatoms. The summed E-state index contributed by atoms with van der Waals surface area (Å²) in [4.78, 5) is 32.9. The van der Waals surface area contributed by atoms with Crippen LogP contribution in [-0.2, 0) is 4.79 Å². The molecule has 0 aliphatic carbocycles. The van der Waals surface area contributed by atoms with Gasteiger partial charge in [0.05, 0.1) is 39.0 Å². The summed E-state index contributed by atoms with van der Waals surface area (Å²) in [5.74, 6) is 0.144. The van der Waals surface area contributed by atoms with E-state index in [0.717, 1.165) is 5.56 Å². The Morgan fingerprint density at radius 2 is 1.67 bits per heavy atom. The number of amides is 2. The highest BCUT2D eigenvalue weighted by Crippen LogP contribution is 2.46. The van der Waals surface area contributed by atoms with Gasteiger partial charge < -0.3 is 24.4 Å². The van der Waals surface area contributed by atoms with Gasteiger partial charge in [-0.1, -0.05) is 18.2 Å². The first-order valence-electron chi connectivity index (χ1n) is 10.4. The summed E-state index contributed by atoms with van der Waals surface area (Å²) in [6.07, 6.45) is 3.32. The first-order chi connectivity index (χ1) is 16.0. The lowest BCUT2D eigenvalue weighted by Gasteiger charge is -2.40. The van der Waals surface area contributed by atoms with Gasteiger partial charge in [-0.25, -0.2) is 0 Å². The van der Waals surface area contributed by atoms with Gasteiger partial charge in [-0.05, 0) is 41.5 Å². The lowest BCUT2D eigenvalue weighted by molar-refractivity contribution is -0.119. The molecule has 2 aromatic carbocycles. The Kier molecular flexibility index (Phi) is 6.17. The predicted molar refractivity (Wildman–Crippen MR) is 123 cm³/mol. The van der Waals surface area contributed by atoms with Crippen LogP contribution in [0, 0.1) is 0 Å². The van der Waals surface area contributed by atoms with Gasteiger partial charge in [-0.2, -0.15) is 0 Å². The maximum absolute atomic E-state index is 13.8. The van der Waals surface area contributed by atoms with Crippen molar-refractivity contribution in [3.05, 3.63) is 77.6 Å². The fraction of sp³-hybridized carbons (Fsp3) is 0.240. The molecule has 0 fully saturated rings. The van der Waals surface area contributed by atoms with E-state index in [1.807, 2.05) is 18.2 Å². The van der Waals surface area contributed by atoms with Crippen molar-refractivity contribution in [1.29, 1.82) is 0 Å². The molecule has 3 aromatic rings. The van der Waals surface area contributed by atoms with E-state index < -0.39 is 12.0 Å². The first kappa shape index (κ1) is 22.1. The van der Waals surface area contributed by atoms with Crippen molar-refractivity contribution in [3.63, 3.8) is 0 Å². The molecule has 33 heavy (non-hydrogen) atoms. The van der Waals surface area contributed by atoms with Crippen LogP contribution < -0.4 is 19.5 Å². The van der Waals surface area contributed by atoms with Gasteiger partial charge in [-0.3, -0.25) is 14.6 Å². The van der Waals surface area contributed by atoms with Crippen molar-refractivity contribution in [2.24, 2.45) is 0 Å². The van der Waals surface area contributed by atoms with Crippen LogP contribution in [0.4, 0.5) is 5.69 Å². The van der Waals surface area contributed by atoms with Crippen molar-refractivity contribution in [2.75, 3.05) is 33.7 Å². The Bertz CT molecular complexity index is 1180. The van der Waals surface area contributed by atoms with Gasteiger partial charge >= 0.3 is 0 Å². The number of rotatable bonds is 6. The number of nitrogens with one attached hydrogen (secondary N) is 1. The van der Waals surface area contributed by atoms with Crippen LogP contribution in [0.1, 0.15) is 33.4 Å². The van der Waals surface area contributed by atoms with Crippen molar-refractivity contribution < 1.29 is 23.8 Å². The lowest BCUT2D eigenvalue weighted by atomic mass is 9.79. The quantitative estimate of drug-likeness (QED) is 0.620. The Morgan fingerprint density at radius 1 is 0.970 bits per heavy atom. The van der Waals surface area contributed by atoms with E-state index in [4.69, 9.17) is 14.2 Å². The second kappa shape index (κ2) is 9.20. The SMILES string of the molecule is COc1ccccc1NC(=O)[C@H]1c2cc(OC)c(OC)cc2C(=O)N(C)[C@H]1c1cccnc1. The van der Waals surface area contributed by atoms with Crippen LogP contribution in [-0.4, -0.2) is 50.1 Å². The standard InChI is InChI=1S/C25H25N3O5/c1-28-23(15-8-7-11-26-14-15)22(24(29)27-18-9-5-6-10-19(18)31-2)16-12-20(32-3)21(33-4)13-17(16)25(28)30/h5-14,22-23H,1-4H3,(H,27,29)/t22-,23-/m0/s1. The molecule has 0 spiro atoms. The van der Waals surface area contributed by atoms with E-state index in [-0.39, 0.29) is 11.8 Å². The van der Waals surface area contributed by atoms with Gasteiger partial charge in [0.25, 0.3) is 5.91 Å². The van der Waals surface area contributed by atoms with E-state index >= 15 is 0 Å². The number of benzene rings is 2. The minimum atomic E-state index is -0.739. The molecule has 2 amide bonds. The molecule has 1 aliphatic heterocycles. The van der Waals surface area contributed by atoms with Crippen LogP contribution in [0.3, 0.4) is 0 Å². The van der Waals surface area contributed by atoms with Crippen LogP contribution in [0.2, 0.25) is 0 Å². The average molecular weight is 447 g/mol. The number of methoxy groups -OCH3 is 3. The number of hydrogen-bond acceptors (Lipinski definition) is 6. The topological polar surface area (TPSA) is 90.0 Å². The van der Waals surface area contributed by atoms with Crippen LogP contribution in [0.15, 0.2) is 60.9 Å². The van der Waals surface area contributed by atoms with Crippen LogP contribution in [0.25, 0.3) is 0 Å². The third-order valence-corrected chi connectivity index (χ3v) is 5.85. The van der Waals surface area contributed by atoms with Crippen molar-refractivity contribution in [2.45, 2.75) is 12.0 Å². The predicted octanol–water partition coefficient (Wildman–Crippen LogP) is 3.66. The molecule has 8 nitrogen and oxygen atoms in total. The molecule has 2 atom stereocenters. The van der Waals surface area contributed by atoms with Gasteiger partial charge in [0.2, 0.25) is 5.91 Å². The summed E-state index contributed by atoms with van der Waals surface area (Å²) in [6, 6.07) is 13.6. The number of anilines is 1. The molecule has 1 aliphatic rings. The highest BCUT2D eigenvalue weighted by atomic mass is 16.5. The largest absolute Gasteiger partial charge is 0.495 e. The van der Waals surface area contributed by atoms with Crippen LogP contribution in [0.5, 0.6) is 17.2 Å². The maximum Gasteiger partial charge on any atom is 0.254 e. The Hall–Kier alpha value is -4.07. The molecule has 0 bridgehead atoms. The summed E-state index contributed by atoms with van der Waals surface area (Å²) in [6.45, 7) is 0. The summed E-state index contributed by atoms with van der Waals surface area (Å²) in [5.41, 5.74) is 2.22. The minimum absolute atomic E-state index is 0.221. The van der Waals surface area contributed by atoms with Crippen molar-refractivity contribution in [3.8, 4) is 17.2 Å². The van der Waals surface area contributed by atoms with E-state index in [1.165, 1.54) is 14.2 Å². The van der Waals surface area contributed by atoms with Gasteiger partial charge in [0.1, 0.15) is 5.75 Å². The number of carbonyl (C=O) groups excluding carboxylic acids is 2. The van der Waals surface area contributed by atoms with E-state index in [0.29, 0.717) is 34.1 Å². The second-order valence-electron chi connectivity index (χ2n) is 7.61. The van der Waals surface area contributed by atoms with E-state index in [1.54, 1.807) is 61.8 Å². The number of pyridine rings is 1. The number of aromatic nitrogens is 1. The molecule has 0 saturated heterocycles. The average Bonchev–Trinajstić information content (AvgIpc) is 2.85. The summed E-state index contributed by atoms with van der Waals surface area (Å²) in [5, 5.41) is 2.98.